The SMILES string of the molecule is O=C(c1ccc(N2CCOCC2)cc1)N1CCC[C@H]1Cn1ccnn1. The molecule has 2 aromatic rings. The predicted octanol–water partition coefficient (Wildman–Crippen LogP) is 1.42. The number of hydrogen-bond donors (Lipinski definition) is 0. The number of hydrogen-bond acceptors (Lipinski definition) is 5. The Hall–Kier alpha value is -2.41. The van der Waals surface area contributed by atoms with Crippen molar-refractivity contribution in [3.05, 3.63) is 42.2 Å². The first-order valence-electron chi connectivity index (χ1n) is 8.89. The van der Waals surface area contributed by atoms with Gasteiger partial charge in [-0.3, -0.25) is 9.48 Å². The van der Waals surface area contributed by atoms with E-state index in [1.54, 1.807) is 10.9 Å². The van der Waals surface area contributed by atoms with Crippen LogP contribution >= 0.6 is 0 Å². The highest BCUT2D eigenvalue weighted by Gasteiger charge is 2.29. The van der Waals surface area contributed by atoms with Crippen LogP contribution in [0.15, 0.2) is 36.7 Å². The number of likely N-dealkylation sites (tertiary alicyclic amines) is 1. The van der Waals surface area contributed by atoms with Gasteiger partial charge in [0.05, 0.1) is 32.0 Å². The molecule has 1 atom stereocenters. The first-order valence-corrected chi connectivity index (χ1v) is 8.89. The summed E-state index contributed by atoms with van der Waals surface area (Å²) >= 11 is 0. The summed E-state index contributed by atoms with van der Waals surface area (Å²) in [6.45, 7) is 4.84. The summed E-state index contributed by atoms with van der Waals surface area (Å²) in [6.07, 6.45) is 5.57. The molecule has 7 nitrogen and oxygen atoms in total. The van der Waals surface area contributed by atoms with E-state index in [2.05, 4.69) is 15.2 Å². The number of nitrogens with zero attached hydrogens (tertiary/aromatic N) is 5. The van der Waals surface area contributed by atoms with Crippen molar-refractivity contribution in [1.29, 1.82) is 0 Å². The molecule has 0 N–H and O–H groups in total. The average molecular weight is 341 g/mol. The molecule has 1 amide bonds. The van der Waals surface area contributed by atoms with Gasteiger partial charge in [0.2, 0.25) is 0 Å². The number of rotatable bonds is 4. The van der Waals surface area contributed by atoms with Gasteiger partial charge in [0.25, 0.3) is 5.91 Å². The lowest BCUT2D eigenvalue weighted by atomic mass is 10.1. The smallest absolute Gasteiger partial charge is 0.254 e. The van der Waals surface area contributed by atoms with E-state index >= 15 is 0 Å². The van der Waals surface area contributed by atoms with Crippen LogP contribution in [0.5, 0.6) is 0 Å². The van der Waals surface area contributed by atoms with E-state index < -0.39 is 0 Å². The van der Waals surface area contributed by atoms with E-state index in [0.29, 0.717) is 6.54 Å². The molecule has 2 saturated heterocycles. The van der Waals surface area contributed by atoms with Crippen LogP contribution in [0.25, 0.3) is 0 Å². The van der Waals surface area contributed by atoms with Crippen LogP contribution < -0.4 is 4.90 Å². The standard InChI is InChI=1S/C18H23N5O2/c24-18(23-8-1-2-17(23)14-22-9-7-19-20-22)15-3-5-16(6-4-15)21-10-12-25-13-11-21/h3-7,9,17H,1-2,8,10-14H2/t17-/m0/s1. The van der Waals surface area contributed by atoms with E-state index in [1.165, 1.54) is 0 Å². The van der Waals surface area contributed by atoms with Crippen molar-refractivity contribution in [2.75, 3.05) is 37.7 Å². The summed E-state index contributed by atoms with van der Waals surface area (Å²) in [4.78, 5) is 17.2. The van der Waals surface area contributed by atoms with Crippen molar-refractivity contribution in [3.8, 4) is 0 Å². The quantitative estimate of drug-likeness (QED) is 0.842. The Balaban J connectivity index is 1.44. The van der Waals surface area contributed by atoms with Gasteiger partial charge >= 0.3 is 0 Å². The second-order valence-corrected chi connectivity index (χ2v) is 6.57. The van der Waals surface area contributed by atoms with Crippen LogP contribution in [0.2, 0.25) is 0 Å². The second kappa shape index (κ2) is 7.23. The summed E-state index contributed by atoms with van der Waals surface area (Å²) in [5.41, 5.74) is 1.91. The zero-order valence-corrected chi connectivity index (χ0v) is 14.3. The molecular formula is C18H23N5O2. The van der Waals surface area contributed by atoms with E-state index in [0.717, 1.165) is 56.9 Å². The number of anilines is 1. The lowest BCUT2D eigenvalue weighted by Crippen LogP contribution is -2.38. The monoisotopic (exact) mass is 341 g/mol. The molecule has 0 bridgehead atoms. The Labute approximate surface area is 147 Å². The molecule has 2 aliphatic heterocycles. The number of aromatic nitrogens is 3. The molecule has 0 radical (unpaired) electrons. The van der Waals surface area contributed by atoms with Gasteiger partial charge in [-0.2, -0.15) is 0 Å². The van der Waals surface area contributed by atoms with Crippen LogP contribution in [0.1, 0.15) is 23.2 Å². The zero-order valence-electron chi connectivity index (χ0n) is 14.3. The number of carbonyl (C=O) groups excluding carboxylic acids is 1. The summed E-state index contributed by atoms with van der Waals surface area (Å²) in [5.74, 6) is 0.108. The maximum Gasteiger partial charge on any atom is 0.254 e. The molecule has 1 aromatic heterocycles. The lowest BCUT2D eigenvalue weighted by Gasteiger charge is -2.29. The minimum atomic E-state index is 0.108. The molecule has 132 valence electrons. The van der Waals surface area contributed by atoms with Crippen molar-refractivity contribution < 1.29 is 9.53 Å². The van der Waals surface area contributed by atoms with Crippen molar-refractivity contribution >= 4 is 11.6 Å². The van der Waals surface area contributed by atoms with Crippen LogP contribution in [-0.4, -0.2) is 64.7 Å². The number of ether oxygens (including phenoxy) is 1. The minimum absolute atomic E-state index is 0.108. The Bertz CT molecular complexity index is 695. The molecule has 0 spiro atoms. The fourth-order valence-corrected chi connectivity index (χ4v) is 3.64. The summed E-state index contributed by atoms with van der Waals surface area (Å²) < 4.78 is 7.19. The number of amides is 1. The normalized spacial score (nSPS) is 20.9. The molecule has 2 fully saturated rings. The van der Waals surface area contributed by atoms with Gasteiger partial charge in [-0.25, -0.2) is 0 Å². The Kier molecular flexibility index (Phi) is 4.65. The third-order valence-electron chi connectivity index (χ3n) is 5.00. The Morgan fingerprint density at radius 1 is 1.16 bits per heavy atom. The molecule has 7 heteroatoms. The molecule has 25 heavy (non-hydrogen) atoms. The zero-order chi connectivity index (χ0) is 17.1. The lowest BCUT2D eigenvalue weighted by molar-refractivity contribution is 0.0721. The molecule has 3 heterocycles. The second-order valence-electron chi connectivity index (χ2n) is 6.57. The Morgan fingerprint density at radius 2 is 1.96 bits per heavy atom. The average Bonchev–Trinajstić information content (AvgIpc) is 3.34. The van der Waals surface area contributed by atoms with Crippen LogP contribution in [0.3, 0.4) is 0 Å². The number of morpholine rings is 1. The highest BCUT2D eigenvalue weighted by Crippen LogP contribution is 2.23. The van der Waals surface area contributed by atoms with Gasteiger partial charge in [-0.15, -0.1) is 5.10 Å². The van der Waals surface area contributed by atoms with E-state index in [-0.39, 0.29) is 11.9 Å². The molecule has 0 aliphatic carbocycles. The third-order valence-corrected chi connectivity index (χ3v) is 5.00. The molecule has 0 unspecified atom stereocenters. The van der Waals surface area contributed by atoms with Gasteiger partial charge in [-0.1, -0.05) is 5.21 Å². The molecule has 4 rings (SSSR count). The third kappa shape index (κ3) is 3.51. The van der Waals surface area contributed by atoms with Crippen molar-refractivity contribution in [1.82, 2.24) is 19.9 Å². The Morgan fingerprint density at radius 3 is 2.68 bits per heavy atom. The first-order chi connectivity index (χ1) is 12.3. The maximum atomic E-state index is 12.9. The van der Waals surface area contributed by atoms with E-state index in [1.807, 2.05) is 35.4 Å². The topological polar surface area (TPSA) is 63.5 Å². The summed E-state index contributed by atoms with van der Waals surface area (Å²) in [7, 11) is 0. The highest BCUT2D eigenvalue weighted by atomic mass is 16.5. The molecular weight excluding hydrogens is 318 g/mol. The predicted molar refractivity (Wildman–Crippen MR) is 93.6 cm³/mol. The number of benzene rings is 1. The van der Waals surface area contributed by atoms with Gasteiger partial charge in [0.1, 0.15) is 0 Å². The number of carbonyl (C=O) groups is 1. The maximum absolute atomic E-state index is 12.9. The van der Waals surface area contributed by atoms with Gasteiger partial charge in [0.15, 0.2) is 0 Å². The first kappa shape index (κ1) is 16.1. The van der Waals surface area contributed by atoms with Crippen LogP contribution in [0, 0.1) is 0 Å². The molecule has 1 aromatic carbocycles. The van der Waals surface area contributed by atoms with Crippen molar-refractivity contribution in [2.45, 2.75) is 25.4 Å². The van der Waals surface area contributed by atoms with E-state index in [4.69, 9.17) is 4.74 Å². The fourth-order valence-electron chi connectivity index (χ4n) is 3.64. The van der Waals surface area contributed by atoms with Gasteiger partial charge in [-0.05, 0) is 37.1 Å². The summed E-state index contributed by atoms with van der Waals surface area (Å²) in [6, 6.07) is 8.16. The van der Waals surface area contributed by atoms with Gasteiger partial charge < -0.3 is 14.5 Å². The summed E-state index contributed by atoms with van der Waals surface area (Å²) in [5, 5.41) is 7.86. The molecule has 2 aliphatic rings. The molecule has 0 saturated carbocycles. The fraction of sp³-hybridized carbons (Fsp3) is 0.500. The van der Waals surface area contributed by atoms with Crippen LogP contribution in [0.4, 0.5) is 5.69 Å². The minimum Gasteiger partial charge on any atom is -0.378 e. The van der Waals surface area contributed by atoms with Crippen LogP contribution in [-0.2, 0) is 11.3 Å². The van der Waals surface area contributed by atoms with Crippen molar-refractivity contribution in [2.24, 2.45) is 0 Å². The van der Waals surface area contributed by atoms with E-state index in [9.17, 15) is 4.79 Å². The van der Waals surface area contributed by atoms with Gasteiger partial charge in [0, 0.05) is 37.1 Å². The van der Waals surface area contributed by atoms with Crippen molar-refractivity contribution in [3.63, 3.8) is 0 Å². The highest BCUT2D eigenvalue weighted by molar-refractivity contribution is 5.95. The largest absolute Gasteiger partial charge is 0.378 e.